The average Bonchev–Trinajstić information content (AvgIpc) is 3.66. The van der Waals surface area contributed by atoms with Crippen molar-refractivity contribution in [3.63, 3.8) is 0 Å². The van der Waals surface area contributed by atoms with Crippen LogP contribution in [0.2, 0.25) is 0 Å². The maximum atomic E-state index is 11.8. The van der Waals surface area contributed by atoms with Crippen molar-refractivity contribution in [2.75, 3.05) is 0 Å². The molecule has 3 aromatic heterocycles. The molecule has 0 aliphatic heterocycles. The van der Waals surface area contributed by atoms with Crippen molar-refractivity contribution in [3.05, 3.63) is 67.2 Å². The molecule has 3 heterocycles. The van der Waals surface area contributed by atoms with Crippen molar-refractivity contribution >= 4 is 68.7 Å². The first-order chi connectivity index (χ1) is 19.2. The second-order valence-electron chi connectivity index (χ2n) is 7.49. The summed E-state index contributed by atoms with van der Waals surface area (Å²) >= 11 is 3.04. The molecular weight excluding hydrogens is 703 g/mol. The number of carbonyl (C=O) groups is 6. The van der Waals surface area contributed by atoms with Crippen LogP contribution in [0.4, 0.5) is 39.5 Å². The molecule has 43 heavy (non-hydrogen) atoms. The van der Waals surface area contributed by atoms with Crippen LogP contribution in [-0.2, 0) is 31.7 Å². The second-order valence-corrected chi connectivity index (χ2v) is 10.3. The van der Waals surface area contributed by atoms with Crippen LogP contribution < -0.4 is 0 Å². The minimum atomic E-state index is -4.92. The third kappa shape index (κ3) is 14.8. The Hall–Kier alpha value is -2.98. The zero-order valence-corrected chi connectivity index (χ0v) is 24.5. The number of rotatable bonds is 9. The molecule has 0 aromatic carbocycles. The van der Waals surface area contributed by atoms with Gasteiger partial charge in [0, 0.05) is 17.4 Å². The van der Waals surface area contributed by atoms with Gasteiger partial charge in [-0.3, -0.25) is 28.8 Å². The molecule has 0 aliphatic carbocycles. The molecule has 0 bridgehead atoms. The van der Waals surface area contributed by atoms with E-state index in [9.17, 15) is 68.3 Å². The van der Waals surface area contributed by atoms with Crippen LogP contribution in [0, 0.1) is 0 Å². The van der Waals surface area contributed by atoms with Gasteiger partial charge in [-0.25, -0.2) is 0 Å². The summed E-state index contributed by atoms with van der Waals surface area (Å²) in [5, 5.41) is 4.68. The third-order valence-corrected chi connectivity index (χ3v) is 7.03. The number of alkyl halides is 9. The maximum absolute atomic E-state index is 11.8. The Balaban J connectivity index is 0.000000608. The van der Waals surface area contributed by atoms with Gasteiger partial charge in [0.05, 0.1) is 33.9 Å². The van der Waals surface area contributed by atoms with Gasteiger partial charge in [-0.15, -0.1) is 34.0 Å². The quantitative estimate of drug-likeness (QED) is 0.130. The molecule has 0 atom stereocenters. The van der Waals surface area contributed by atoms with E-state index in [1.54, 1.807) is 16.1 Å². The SMILES string of the molecule is O=C(CC(=O)C(F)(F)F)c1cccs1.O=C(CC(=O)C(F)(F)F)c1cccs1.O=C(CC(=O)C(F)(F)F)c1cccs1.[Cr]. The molecule has 0 aliphatic rings. The molecule has 0 radical (unpaired) electrons. The largest absolute Gasteiger partial charge is 0.450 e. The van der Waals surface area contributed by atoms with E-state index in [1.807, 2.05) is 0 Å². The predicted molar refractivity (Wildman–Crippen MR) is 133 cm³/mol. The van der Waals surface area contributed by atoms with Gasteiger partial charge in [0.2, 0.25) is 17.3 Å². The zero-order valence-electron chi connectivity index (χ0n) is 20.8. The van der Waals surface area contributed by atoms with Gasteiger partial charge in [0.1, 0.15) is 0 Å². The van der Waals surface area contributed by atoms with Gasteiger partial charge in [-0.05, 0) is 34.3 Å². The topological polar surface area (TPSA) is 102 Å². The smallest absolute Gasteiger partial charge is 0.293 e. The molecular formula is C24H15CrF9O6S3. The van der Waals surface area contributed by atoms with E-state index in [1.165, 1.54) is 36.4 Å². The number of halogens is 9. The van der Waals surface area contributed by atoms with Crippen LogP contribution in [0.1, 0.15) is 48.3 Å². The Labute approximate surface area is 258 Å². The van der Waals surface area contributed by atoms with Crippen LogP contribution >= 0.6 is 34.0 Å². The molecule has 3 rings (SSSR count). The van der Waals surface area contributed by atoms with E-state index in [4.69, 9.17) is 0 Å². The van der Waals surface area contributed by atoms with Gasteiger partial charge in [0.25, 0.3) is 0 Å². The standard InChI is InChI=1S/3C8H5F3O2S.Cr/c3*9-8(10,11)7(13)4-5(12)6-2-1-3-14-6;/h3*1-3H,4H2;. The molecule has 0 amide bonds. The number of thiophene rings is 3. The minimum Gasteiger partial charge on any atom is -0.293 e. The fourth-order valence-corrected chi connectivity index (χ4v) is 4.30. The monoisotopic (exact) mass is 718 g/mol. The first kappa shape index (κ1) is 40.0. The fraction of sp³-hybridized carbons (Fsp3) is 0.250. The summed E-state index contributed by atoms with van der Waals surface area (Å²) in [6, 6.07) is 8.77. The summed E-state index contributed by atoms with van der Waals surface area (Å²) in [7, 11) is 0. The summed E-state index contributed by atoms with van der Waals surface area (Å²) in [6.45, 7) is 0. The van der Waals surface area contributed by atoms with Crippen LogP contribution in [-0.4, -0.2) is 53.2 Å². The molecule has 0 spiro atoms. The summed E-state index contributed by atoms with van der Waals surface area (Å²) < 4.78 is 106. The minimum absolute atomic E-state index is 0. The summed E-state index contributed by atoms with van der Waals surface area (Å²) in [6.07, 6.45) is -18.1. The van der Waals surface area contributed by atoms with E-state index >= 15 is 0 Å². The van der Waals surface area contributed by atoms with Crippen molar-refractivity contribution in [2.45, 2.75) is 37.8 Å². The van der Waals surface area contributed by atoms with E-state index in [0.717, 1.165) is 34.0 Å². The molecule has 3 aromatic rings. The number of hydrogen-bond donors (Lipinski definition) is 0. The van der Waals surface area contributed by atoms with Gasteiger partial charge in [0.15, 0.2) is 17.3 Å². The van der Waals surface area contributed by atoms with Gasteiger partial charge in [-0.2, -0.15) is 39.5 Å². The third-order valence-electron chi connectivity index (χ3n) is 4.30. The Morgan fingerprint density at radius 2 is 0.674 bits per heavy atom. The Morgan fingerprint density at radius 1 is 0.465 bits per heavy atom. The normalized spacial score (nSPS) is 11.1. The second kappa shape index (κ2) is 17.4. The predicted octanol–water partition coefficient (Wildman–Crippen LogP) is 7.35. The summed E-state index contributed by atoms with van der Waals surface area (Å²) in [4.78, 5) is 65.0. The first-order valence-electron chi connectivity index (χ1n) is 10.7. The number of carbonyl (C=O) groups excluding carboxylic acids is 6. The van der Waals surface area contributed by atoms with E-state index in [2.05, 4.69) is 0 Å². The van der Waals surface area contributed by atoms with Gasteiger partial charge in [-0.1, -0.05) is 18.2 Å². The van der Waals surface area contributed by atoms with Crippen LogP contribution in [0.25, 0.3) is 0 Å². The van der Waals surface area contributed by atoms with Crippen LogP contribution in [0.5, 0.6) is 0 Å². The Kier molecular flexibility index (Phi) is 16.1. The molecule has 19 heteroatoms. The van der Waals surface area contributed by atoms with Gasteiger partial charge >= 0.3 is 18.5 Å². The first-order valence-corrected chi connectivity index (χ1v) is 13.4. The maximum Gasteiger partial charge on any atom is 0.450 e. The van der Waals surface area contributed by atoms with E-state index in [-0.39, 0.29) is 32.0 Å². The van der Waals surface area contributed by atoms with Crippen molar-refractivity contribution in [2.24, 2.45) is 0 Å². The van der Waals surface area contributed by atoms with Crippen molar-refractivity contribution in [1.82, 2.24) is 0 Å². The molecule has 234 valence electrons. The van der Waals surface area contributed by atoms with Crippen LogP contribution in [0.15, 0.2) is 52.5 Å². The zero-order chi connectivity index (χ0) is 32.3. The molecule has 0 saturated heterocycles. The molecule has 0 saturated carbocycles. The molecule has 0 fully saturated rings. The Morgan fingerprint density at radius 3 is 0.814 bits per heavy atom. The molecule has 0 N–H and O–H groups in total. The van der Waals surface area contributed by atoms with E-state index in [0.29, 0.717) is 0 Å². The van der Waals surface area contributed by atoms with Crippen LogP contribution in [0.3, 0.4) is 0 Å². The number of Topliss-reactive ketones (excluding diaryl/α,β-unsaturated/α-hetero) is 6. The number of hydrogen-bond acceptors (Lipinski definition) is 9. The number of ketones is 6. The molecule has 6 nitrogen and oxygen atoms in total. The van der Waals surface area contributed by atoms with Crippen molar-refractivity contribution in [3.8, 4) is 0 Å². The summed E-state index contributed by atoms with van der Waals surface area (Å²) in [5.41, 5.74) is 0. The van der Waals surface area contributed by atoms with Crippen molar-refractivity contribution < 1.29 is 85.6 Å². The van der Waals surface area contributed by atoms with E-state index < -0.39 is 72.5 Å². The average molecular weight is 719 g/mol. The molecule has 0 unspecified atom stereocenters. The fourth-order valence-electron chi connectivity index (χ4n) is 2.31. The van der Waals surface area contributed by atoms with Gasteiger partial charge < -0.3 is 0 Å². The Bertz CT molecular complexity index is 1190. The summed E-state index contributed by atoms with van der Waals surface area (Å²) in [5.74, 6) is -8.38. The van der Waals surface area contributed by atoms with Crippen molar-refractivity contribution in [1.29, 1.82) is 0 Å².